The van der Waals surface area contributed by atoms with Crippen LogP contribution in [0.15, 0.2) is 0 Å². The van der Waals surface area contributed by atoms with Gasteiger partial charge in [-0.05, 0) is 20.8 Å². The first-order chi connectivity index (χ1) is 9.90. The highest BCUT2D eigenvalue weighted by molar-refractivity contribution is 5.72. The van der Waals surface area contributed by atoms with Crippen molar-refractivity contribution in [2.75, 3.05) is 26.8 Å². The third-order valence-corrected chi connectivity index (χ3v) is 3.01. The van der Waals surface area contributed by atoms with Crippen LogP contribution in [0.3, 0.4) is 0 Å². The lowest BCUT2D eigenvalue weighted by Gasteiger charge is -2.42. The van der Waals surface area contributed by atoms with Crippen molar-refractivity contribution in [2.45, 2.75) is 44.6 Å². The lowest BCUT2D eigenvalue weighted by molar-refractivity contribution is -0.295. The molecular formula is C13H20F3NO5. The summed E-state index contributed by atoms with van der Waals surface area (Å²) in [5.74, 6) is -1.07. The summed E-state index contributed by atoms with van der Waals surface area (Å²) in [4.78, 5) is 24.1. The van der Waals surface area contributed by atoms with E-state index in [1.165, 1.54) is 0 Å². The first kappa shape index (κ1) is 18.5. The van der Waals surface area contributed by atoms with Crippen LogP contribution in [-0.4, -0.2) is 61.1 Å². The molecule has 1 saturated heterocycles. The zero-order valence-corrected chi connectivity index (χ0v) is 13.0. The first-order valence-electron chi connectivity index (χ1n) is 6.66. The molecule has 1 rings (SSSR count). The van der Waals surface area contributed by atoms with Gasteiger partial charge in [0.1, 0.15) is 5.60 Å². The van der Waals surface area contributed by atoms with Gasteiger partial charge in [-0.15, -0.1) is 0 Å². The molecule has 0 aromatic heterocycles. The quantitative estimate of drug-likeness (QED) is 0.727. The van der Waals surface area contributed by atoms with Gasteiger partial charge in [-0.3, -0.25) is 4.79 Å². The summed E-state index contributed by atoms with van der Waals surface area (Å²) >= 11 is 0. The van der Waals surface area contributed by atoms with E-state index in [1.54, 1.807) is 20.8 Å². The van der Waals surface area contributed by atoms with Gasteiger partial charge in [-0.25, -0.2) is 4.79 Å². The molecule has 0 aliphatic carbocycles. The predicted molar refractivity (Wildman–Crippen MR) is 69.2 cm³/mol. The van der Waals surface area contributed by atoms with Gasteiger partial charge in [0.05, 0.1) is 26.7 Å². The number of ether oxygens (including phenoxy) is 3. The number of carbonyl (C=O) groups excluding carboxylic acids is 2. The molecule has 1 atom stereocenters. The van der Waals surface area contributed by atoms with Crippen LogP contribution in [0.5, 0.6) is 0 Å². The molecule has 0 spiro atoms. The molecule has 9 heteroatoms. The van der Waals surface area contributed by atoms with E-state index in [9.17, 15) is 22.8 Å². The highest BCUT2D eigenvalue weighted by Crippen LogP contribution is 2.39. The van der Waals surface area contributed by atoms with Gasteiger partial charge < -0.3 is 19.1 Å². The monoisotopic (exact) mass is 327 g/mol. The van der Waals surface area contributed by atoms with Crippen molar-refractivity contribution in [3.05, 3.63) is 0 Å². The average molecular weight is 327 g/mol. The van der Waals surface area contributed by atoms with E-state index in [4.69, 9.17) is 9.47 Å². The van der Waals surface area contributed by atoms with Gasteiger partial charge in [0, 0.05) is 6.54 Å². The number of alkyl halides is 3. The number of hydrogen-bond donors (Lipinski definition) is 0. The van der Waals surface area contributed by atoms with Gasteiger partial charge in [-0.1, -0.05) is 0 Å². The average Bonchev–Trinajstić information content (AvgIpc) is 2.35. The number of rotatable bonds is 2. The minimum absolute atomic E-state index is 0.0477. The van der Waals surface area contributed by atoms with Crippen molar-refractivity contribution >= 4 is 12.1 Å². The summed E-state index contributed by atoms with van der Waals surface area (Å²) in [7, 11) is 0.987. The highest BCUT2D eigenvalue weighted by Gasteiger charge is 2.60. The zero-order valence-electron chi connectivity index (χ0n) is 13.0. The number of halogens is 3. The number of carbonyl (C=O) groups is 2. The fourth-order valence-corrected chi connectivity index (χ4v) is 1.95. The molecule has 128 valence electrons. The molecule has 0 aromatic rings. The Bertz CT molecular complexity index is 432. The van der Waals surface area contributed by atoms with Crippen molar-refractivity contribution in [3.63, 3.8) is 0 Å². The second-order valence-corrected chi connectivity index (χ2v) is 6.00. The van der Waals surface area contributed by atoms with Crippen molar-refractivity contribution in [1.29, 1.82) is 0 Å². The van der Waals surface area contributed by atoms with Gasteiger partial charge in [0.15, 0.2) is 5.60 Å². The Morgan fingerprint density at radius 1 is 1.27 bits per heavy atom. The number of methoxy groups -OCH3 is 1. The normalized spacial score (nSPS) is 23.1. The summed E-state index contributed by atoms with van der Waals surface area (Å²) in [6, 6.07) is 0. The molecule has 0 N–H and O–H groups in total. The predicted octanol–water partition coefficient (Wildman–Crippen LogP) is 2.12. The SMILES string of the molecule is COC(=O)C[C@]1(C(F)(F)F)CN(C(=O)OC(C)(C)C)CCO1. The Labute approximate surface area is 126 Å². The molecule has 1 heterocycles. The summed E-state index contributed by atoms with van der Waals surface area (Å²) < 4.78 is 54.3. The molecule has 0 saturated carbocycles. The first-order valence-corrected chi connectivity index (χ1v) is 6.66. The van der Waals surface area contributed by atoms with Crippen LogP contribution in [0.2, 0.25) is 0 Å². The number of nitrogens with zero attached hydrogens (tertiary/aromatic N) is 1. The molecule has 0 radical (unpaired) electrons. The van der Waals surface area contributed by atoms with Gasteiger partial charge in [-0.2, -0.15) is 13.2 Å². The molecule has 1 amide bonds. The number of amides is 1. The van der Waals surface area contributed by atoms with E-state index in [0.717, 1.165) is 12.0 Å². The van der Waals surface area contributed by atoms with Gasteiger partial charge in [0.2, 0.25) is 0 Å². The Balaban J connectivity index is 2.95. The summed E-state index contributed by atoms with van der Waals surface area (Å²) in [6.45, 7) is 3.61. The number of hydrogen-bond acceptors (Lipinski definition) is 5. The Hall–Kier alpha value is -1.51. The molecule has 22 heavy (non-hydrogen) atoms. The molecule has 0 unspecified atom stereocenters. The van der Waals surface area contributed by atoms with Crippen LogP contribution in [0, 0.1) is 0 Å². The second-order valence-electron chi connectivity index (χ2n) is 6.00. The molecule has 0 bridgehead atoms. The van der Waals surface area contributed by atoms with Crippen LogP contribution >= 0.6 is 0 Å². The third-order valence-electron chi connectivity index (χ3n) is 3.01. The Morgan fingerprint density at radius 3 is 2.32 bits per heavy atom. The summed E-state index contributed by atoms with van der Waals surface area (Å²) in [6.07, 6.45) is -6.73. The maximum absolute atomic E-state index is 13.4. The van der Waals surface area contributed by atoms with Crippen LogP contribution < -0.4 is 0 Å². The summed E-state index contributed by atoms with van der Waals surface area (Å²) in [5, 5.41) is 0. The Kier molecular flexibility index (Phi) is 5.32. The molecule has 1 fully saturated rings. The minimum atomic E-state index is -4.83. The van der Waals surface area contributed by atoms with Crippen LogP contribution in [0.1, 0.15) is 27.2 Å². The number of esters is 1. The van der Waals surface area contributed by atoms with Crippen molar-refractivity contribution < 1.29 is 37.0 Å². The second kappa shape index (κ2) is 6.31. The lowest BCUT2D eigenvalue weighted by Crippen LogP contribution is -2.62. The topological polar surface area (TPSA) is 65.1 Å². The maximum atomic E-state index is 13.4. The highest BCUT2D eigenvalue weighted by atomic mass is 19.4. The van der Waals surface area contributed by atoms with Crippen LogP contribution in [-0.2, 0) is 19.0 Å². The smallest absolute Gasteiger partial charge is 0.419 e. The van der Waals surface area contributed by atoms with Crippen molar-refractivity contribution in [3.8, 4) is 0 Å². The van der Waals surface area contributed by atoms with E-state index in [2.05, 4.69) is 4.74 Å². The number of morpholine rings is 1. The minimum Gasteiger partial charge on any atom is -0.469 e. The summed E-state index contributed by atoms with van der Waals surface area (Å²) in [5.41, 5.74) is -3.62. The maximum Gasteiger partial charge on any atom is 0.419 e. The van der Waals surface area contributed by atoms with E-state index in [0.29, 0.717) is 0 Å². The van der Waals surface area contributed by atoms with Gasteiger partial charge in [0.25, 0.3) is 0 Å². The van der Waals surface area contributed by atoms with Crippen molar-refractivity contribution in [2.24, 2.45) is 0 Å². The van der Waals surface area contributed by atoms with E-state index in [-0.39, 0.29) is 13.2 Å². The standard InChI is InChI=1S/C13H20F3NO5/c1-11(2,3)22-10(19)17-5-6-21-12(8-17,13(14,15)16)7-9(18)20-4/h5-8H2,1-4H3/t12-/m1/s1. The molecular weight excluding hydrogens is 307 g/mol. The zero-order chi connectivity index (χ0) is 17.2. The van der Waals surface area contributed by atoms with Crippen LogP contribution in [0.25, 0.3) is 0 Å². The van der Waals surface area contributed by atoms with Crippen LogP contribution in [0.4, 0.5) is 18.0 Å². The molecule has 6 nitrogen and oxygen atoms in total. The third kappa shape index (κ3) is 4.49. The fraction of sp³-hybridized carbons (Fsp3) is 0.846. The van der Waals surface area contributed by atoms with Gasteiger partial charge >= 0.3 is 18.2 Å². The van der Waals surface area contributed by atoms with Crippen molar-refractivity contribution in [1.82, 2.24) is 4.90 Å². The molecule has 1 aliphatic rings. The van der Waals surface area contributed by atoms with E-state index in [1.807, 2.05) is 0 Å². The molecule has 1 aliphatic heterocycles. The Morgan fingerprint density at radius 2 is 1.86 bits per heavy atom. The largest absolute Gasteiger partial charge is 0.469 e. The molecule has 0 aromatic carbocycles. The fourth-order valence-electron chi connectivity index (χ4n) is 1.95. The van der Waals surface area contributed by atoms with E-state index >= 15 is 0 Å². The van der Waals surface area contributed by atoms with E-state index < -0.39 is 42.4 Å². The lowest BCUT2D eigenvalue weighted by atomic mass is 9.96.